The van der Waals surface area contributed by atoms with Crippen molar-refractivity contribution < 1.29 is 4.42 Å². The molecule has 0 spiro atoms. The van der Waals surface area contributed by atoms with Crippen LogP contribution in [0.15, 0.2) is 33.5 Å². The number of hydrogen-bond acceptors (Lipinski definition) is 3. The highest BCUT2D eigenvalue weighted by Crippen LogP contribution is 2.22. The monoisotopic (exact) mass is 258 g/mol. The quantitative estimate of drug-likeness (QED) is 0.773. The van der Waals surface area contributed by atoms with E-state index in [4.69, 9.17) is 9.68 Å². The Kier molecular flexibility index (Phi) is 3.75. The Morgan fingerprint density at radius 2 is 2.05 bits per heavy atom. The van der Waals surface area contributed by atoms with Crippen LogP contribution in [0.25, 0.3) is 11.1 Å². The summed E-state index contributed by atoms with van der Waals surface area (Å²) in [7, 11) is 0. The van der Waals surface area contributed by atoms with Crippen molar-refractivity contribution in [3.63, 3.8) is 0 Å². The molecule has 19 heavy (non-hydrogen) atoms. The van der Waals surface area contributed by atoms with Crippen molar-refractivity contribution in [2.45, 2.75) is 39.7 Å². The van der Waals surface area contributed by atoms with Crippen molar-refractivity contribution in [3.8, 4) is 6.07 Å². The Morgan fingerprint density at radius 1 is 1.32 bits per heavy atom. The molecule has 0 unspecified atom stereocenters. The molecule has 4 heteroatoms. The number of fused-ring (bicyclic) bond motifs is 1. The molecule has 0 aliphatic rings. The summed E-state index contributed by atoms with van der Waals surface area (Å²) in [5.41, 5.74) is 1.18. The van der Waals surface area contributed by atoms with Crippen LogP contribution >= 0.6 is 0 Å². The van der Waals surface area contributed by atoms with Gasteiger partial charge in [-0.3, -0.25) is 4.57 Å². The van der Waals surface area contributed by atoms with Crippen molar-refractivity contribution in [2.24, 2.45) is 5.41 Å². The Labute approximate surface area is 112 Å². The Balaban J connectivity index is 2.01. The van der Waals surface area contributed by atoms with E-state index < -0.39 is 0 Å². The summed E-state index contributed by atoms with van der Waals surface area (Å²) in [4.78, 5) is 11.7. The predicted molar refractivity (Wildman–Crippen MR) is 73.7 cm³/mol. The smallest absolute Gasteiger partial charge is 0.408 e. The number of hydrogen-bond donors (Lipinski definition) is 0. The molecule has 0 bridgehead atoms. The van der Waals surface area contributed by atoms with Gasteiger partial charge in [-0.15, -0.1) is 0 Å². The van der Waals surface area contributed by atoms with Gasteiger partial charge in [0.05, 0.1) is 17.0 Å². The highest BCUT2D eigenvalue weighted by atomic mass is 16.4. The molecule has 0 fully saturated rings. The molecule has 2 aromatic rings. The normalized spacial score (nSPS) is 11.6. The highest BCUT2D eigenvalue weighted by molar-refractivity contribution is 5.72. The van der Waals surface area contributed by atoms with Gasteiger partial charge in [-0.25, -0.2) is 4.79 Å². The third-order valence-electron chi connectivity index (χ3n) is 3.31. The van der Waals surface area contributed by atoms with Gasteiger partial charge in [-0.1, -0.05) is 18.6 Å². The summed E-state index contributed by atoms with van der Waals surface area (Å²) in [5, 5.41) is 8.94. The maximum Gasteiger partial charge on any atom is 0.419 e. The topological polar surface area (TPSA) is 58.9 Å². The Hall–Kier alpha value is -2.02. The molecule has 0 radical (unpaired) electrons. The van der Waals surface area contributed by atoms with E-state index in [2.05, 4.69) is 6.07 Å². The number of para-hydroxylation sites is 2. The van der Waals surface area contributed by atoms with Gasteiger partial charge in [0.15, 0.2) is 5.58 Å². The maximum atomic E-state index is 11.7. The van der Waals surface area contributed by atoms with Crippen LogP contribution in [0.4, 0.5) is 0 Å². The van der Waals surface area contributed by atoms with E-state index in [1.165, 1.54) is 0 Å². The van der Waals surface area contributed by atoms with Crippen LogP contribution in [0, 0.1) is 16.7 Å². The lowest BCUT2D eigenvalue weighted by Crippen LogP contribution is -2.15. The fourth-order valence-corrected chi connectivity index (χ4v) is 2.12. The minimum absolute atomic E-state index is 0.288. The van der Waals surface area contributed by atoms with Gasteiger partial charge in [0.25, 0.3) is 0 Å². The minimum atomic E-state index is -0.305. The first kappa shape index (κ1) is 13.4. The first-order valence-electron chi connectivity index (χ1n) is 6.53. The van der Waals surface area contributed by atoms with E-state index in [1.54, 1.807) is 10.6 Å². The average Bonchev–Trinajstić information content (AvgIpc) is 2.71. The van der Waals surface area contributed by atoms with E-state index in [1.807, 2.05) is 32.0 Å². The summed E-state index contributed by atoms with van der Waals surface area (Å²) in [6.45, 7) is 4.51. The standard InChI is InChI=1S/C15H18N2O2/c1-15(2,11-16)9-5-6-10-17-12-7-3-4-8-13(12)19-14(17)18/h3-4,7-8H,5-6,9-10H2,1-2H3. The second-order valence-corrected chi connectivity index (χ2v) is 5.44. The summed E-state index contributed by atoms with van der Waals surface area (Å²) < 4.78 is 6.83. The molecule has 0 aliphatic carbocycles. The number of rotatable bonds is 5. The molecule has 0 saturated heterocycles. The summed E-state index contributed by atoms with van der Waals surface area (Å²) in [6.07, 6.45) is 2.63. The Morgan fingerprint density at radius 3 is 2.79 bits per heavy atom. The molecule has 1 aromatic heterocycles. The zero-order valence-electron chi connectivity index (χ0n) is 11.3. The Bertz CT molecular complexity index is 659. The molecule has 0 N–H and O–H groups in total. The average molecular weight is 258 g/mol. The van der Waals surface area contributed by atoms with Crippen molar-refractivity contribution in [1.82, 2.24) is 4.57 Å². The van der Waals surface area contributed by atoms with E-state index in [0.717, 1.165) is 24.8 Å². The summed E-state index contributed by atoms with van der Waals surface area (Å²) in [6, 6.07) is 9.72. The van der Waals surface area contributed by atoms with E-state index in [9.17, 15) is 4.79 Å². The first-order valence-corrected chi connectivity index (χ1v) is 6.53. The van der Waals surface area contributed by atoms with E-state index in [0.29, 0.717) is 12.1 Å². The summed E-state index contributed by atoms with van der Waals surface area (Å²) >= 11 is 0. The second-order valence-electron chi connectivity index (χ2n) is 5.44. The number of aryl methyl sites for hydroxylation is 1. The molecule has 1 aromatic carbocycles. The summed E-state index contributed by atoms with van der Waals surface area (Å²) in [5.74, 6) is -0.305. The van der Waals surface area contributed by atoms with Gasteiger partial charge < -0.3 is 4.42 Å². The van der Waals surface area contributed by atoms with Crippen LogP contribution in [0.3, 0.4) is 0 Å². The molecule has 0 aliphatic heterocycles. The minimum Gasteiger partial charge on any atom is -0.408 e. The molecule has 1 heterocycles. The van der Waals surface area contributed by atoms with Crippen LogP contribution in [-0.4, -0.2) is 4.57 Å². The molecule has 2 rings (SSSR count). The lowest BCUT2D eigenvalue weighted by Gasteiger charge is -2.14. The molecule has 4 nitrogen and oxygen atoms in total. The van der Waals surface area contributed by atoms with Crippen LogP contribution in [0.5, 0.6) is 0 Å². The van der Waals surface area contributed by atoms with Crippen LogP contribution < -0.4 is 5.76 Å². The van der Waals surface area contributed by atoms with Crippen molar-refractivity contribution in [3.05, 3.63) is 34.8 Å². The van der Waals surface area contributed by atoms with Crippen LogP contribution in [0.1, 0.15) is 33.1 Å². The number of oxazole rings is 1. The van der Waals surface area contributed by atoms with Gasteiger partial charge in [-0.05, 0) is 38.8 Å². The number of nitrogens with zero attached hydrogens (tertiary/aromatic N) is 2. The second kappa shape index (κ2) is 5.31. The largest absolute Gasteiger partial charge is 0.419 e. The molecular formula is C15H18N2O2. The lowest BCUT2D eigenvalue weighted by atomic mass is 9.89. The highest BCUT2D eigenvalue weighted by Gasteiger charge is 2.16. The zero-order chi connectivity index (χ0) is 13.9. The first-order chi connectivity index (χ1) is 9.03. The third kappa shape index (κ3) is 3.05. The van der Waals surface area contributed by atoms with Crippen molar-refractivity contribution >= 4 is 11.1 Å². The predicted octanol–water partition coefficient (Wildman–Crippen LogP) is 3.31. The van der Waals surface area contributed by atoms with Gasteiger partial charge in [0.1, 0.15) is 0 Å². The van der Waals surface area contributed by atoms with Gasteiger partial charge in [0.2, 0.25) is 0 Å². The zero-order valence-corrected chi connectivity index (χ0v) is 11.3. The van der Waals surface area contributed by atoms with E-state index >= 15 is 0 Å². The van der Waals surface area contributed by atoms with Crippen molar-refractivity contribution in [2.75, 3.05) is 0 Å². The molecule has 100 valence electrons. The number of aromatic nitrogens is 1. The fraction of sp³-hybridized carbons (Fsp3) is 0.467. The number of benzene rings is 1. The lowest BCUT2D eigenvalue weighted by molar-refractivity contribution is 0.411. The molecule has 0 amide bonds. The van der Waals surface area contributed by atoms with Gasteiger partial charge in [0, 0.05) is 6.54 Å². The molecule has 0 atom stereocenters. The fourth-order valence-electron chi connectivity index (χ4n) is 2.12. The van der Waals surface area contributed by atoms with Gasteiger partial charge in [-0.2, -0.15) is 5.26 Å². The molecular weight excluding hydrogens is 240 g/mol. The number of nitriles is 1. The number of unbranched alkanes of at least 4 members (excludes halogenated alkanes) is 1. The maximum absolute atomic E-state index is 11.7. The molecule has 0 saturated carbocycles. The van der Waals surface area contributed by atoms with Gasteiger partial charge >= 0.3 is 5.76 Å². The van der Waals surface area contributed by atoms with Crippen LogP contribution in [0.2, 0.25) is 0 Å². The van der Waals surface area contributed by atoms with Crippen molar-refractivity contribution in [1.29, 1.82) is 5.26 Å². The van der Waals surface area contributed by atoms with E-state index in [-0.39, 0.29) is 11.2 Å². The van der Waals surface area contributed by atoms with Crippen LogP contribution in [-0.2, 0) is 6.54 Å². The third-order valence-corrected chi connectivity index (χ3v) is 3.31. The SMILES string of the molecule is CC(C)(C#N)CCCCn1c(=O)oc2ccccc21.